The van der Waals surface area contributed by atoms with Crippen molar-refractivity contribution in [2.45, 2.75) is 5.60 Å². The van der Waals surface area contributed by atoms with Gasteiger partial charge >= 0.3 is 0 Å². The highest BCUT2D eigenvalue weighted by molar-refractivity contribution is 9.11. The molecule has 0 amide bonds. The second kappa shape index (κ2) is 4.74. The molecule has 2 aromatic rings. The molecule has 0 aliphatic heterocycles. The monoisotopic (exact) mass is 378 g/mol. The Hall–Kier alpha value is 0.0600. The summed E-state index contributed by atoms with van der Waals surface area (Å²) < 4.78 is 2.00. The van der Waals surface area contributed by atoms with E-state index in [4.69, 9.17) is 0 Å². The van der Waals surface area contributed by atoms with E-state index in [1.807, 2.05) is 24.3 Å². The zero-order valence-corrected chi connectivity index (χ0v) is 12.9. The van der Waals surface area contributed by atoms with Crippen molar-refractivity contribution in [3.63, 3.8) is 0 Å². The Labute approximate surface area is 119 Å². The fourth-order valence-corrected chi connectivity index (χ4v) is 4.40. The quantitative estimate of drug-likeness (QED) is 0.762. The average Bonchev–Trinajstić information content (AvgIpc) is 2.86. The first-order chi connectivity index (χ1) is 7.56. The molecule has 0 unspecified atom stereocenters. The van der Waals surface area contributed by atoms with Gasteiger partial charge in [-0.3, -0.25) is 0 Å². The number of aliphatic hydroxyl groups is 1. The lowest BCUT2D eigenvalue weighted by Gasteiger charge is -2.21. The Balaban J connectivity index is 2.51. The van der Waals surface area contributed by atoms with Crippen LogP contribution in [0.3, 0.4) is 0 Å². The van der Waals surface area contributed by atoms with Gasteiger partial charge in [0.2, 0.25) is 0 Å². The molecule has 2 rings (SSSR count). The van der Waals surface area contributed by atoms with Crippen molar-refractivity contribution >= 4 is 54.5 Å². The second-order valence-corrected chi connectivity index (χ2v) is 8.10. The number of rotatable bonds is 3. The van der Waals surface area contributed by atoms with Crippen LogP contribution >= 0.6 is 54.5 Å². The van der Waals surface area contributed by atoms with Crippen LogP contribution in [-0.2, 0) is 5.60 Å². The van der Waals surface area contributed by atoms with Crippen molar-refractivity contribution in [2.24, 2.45) is 0 Å². The summed E-state index contributed by atoms with van der Waals surface area (Å²) in [5, 5.41) is 10.7. The van der Waals surface area contributed by atoms with Crippen LogP contribution in [0, 0.1) is 0 Å². The average molecular weight is 380 g/mol. The minimum absolute atomic E-state index is 0.865. The molecule has 0 aromatic carbocycles. The molecule has 0 saturated heterocycles. The van der Waals surface area contributed by atoms with E-state index in [1.165, 1.54) is 22.7 Å². The first kappa shape index (κ1) is 12.5. The number of hydrogen-bond acceptors (Lipinski definition) is 3. The summed E-state index contributed by atoms with van der Waals surface area (Å²) in [4.78, 5) is 1.73. The standard InChI is InChI=1S/C11H8Br2OS2/c1-2-11(14,7-3-5-9(12)15-7)8-4-6-10(13)16-8/h2-6,14H,1H2. The zero-order chi connectivity index (χ0) is 11.8. The fourth-order valence-electron chi connectivity index (χ4n) is 1.36. The highest BCUT2D eigenvalue weighted by atomic mass is 79.9. The van der Waals surface area contributed by atoms with Crippen molar-refractivity contribution in [2.75, 3.05) is 0 Å². The van der Waals surface area contributed by atoms with Crippen LogP contribution in [0.25, 0.3) is 0 Å². The molecule has 84 valence electrons. The molecule has 16 heavy (non-hydrogen) atoms. The Kier molecular flexibility index (Phi) is 3.71. The molecule has 0 radical (unpaired) electrons. The van der Waals surface area contributed by atoms with Crippen molar-refractivity contribution in [3.05, 3.63) is 54.2 Å². The van der Waals surface area contributed by atoms with E-state index in [0.29, 0.717) is 0 Å². The summed E-state index contributed by atoms with van der Waals surface area (Å²) in [6.07, 6.45) is 1.57. The maximum absolute atomic E-state index is 10.7. The first-order valence-electron chi connectivity index (χ1n) is 4.44. The van der Waals surface area contributed by atoms with Crippen LogP contribution in [0.4, 0.5) is 0 Å². The molecule has 1 nitrogen and oxygen atoms in total. The molecule has 0 saturated carbocycles. The predicted octanol–water partition coefficient (Wildman–Crippen LogP) is 4.76. The molecule has 0 bridgehead atoms. The SMILES string of the molecule is C=CC(O)(c1ccc(Br)s1)c1ccc(Br)s1. The van der Waals surface area contributed by atoms with E-state index in [-0.39, 0.29) is 0 Å². The fraction of sp³-hybridized carbons (Fsp3) is 0.0909. The number of hydrogen-bond donors (Lipinski definition) is 1. The molecule has 2 aromatic heterocycles. The van der Waals surface area contributed by atoms with Gasteiger partial charge in [0.05, 0.1) is 7.57 Å². The van der Waals surface area contributed by atoms with E-state index < -0.39 is 5.60 Å². The van der Waals surface area contributed by atoms with Crippen molar-refractivity contribution < 1.29 is 5.11 Å². The summed E-state index contributed by atoms with van der Waals surface area (Å²) in [6, 6.07) is 7.67. The molecular formula is C11H8Br2OS2. The van der Waals surface area contributed by atoms with Gasteiger partial charge in [0.15, 0.2) is 5.60 Å². The zero-order valence-electron chi connectivity index (χ0n) is 8.11. The molecule has 0 atom stereocenters. The van der Waals surface area contributed by atoms with Gasteiger partial charge in [-0.05, 0) is 62.2 Å². The van der Waals surface area contributed by atoms with Gasteiger partial charge < -0.3 is 5.11 Å². The maximum atomic E-state index is 10.7. The third kappa shape index (κ3) is 2.19. The first-order valence-corrected chi connectivity index (χ1v) is 7.66. The highest BCUT2D eigenvalue weighted by Gasteiger charge is 2.31. The lowest BCUT2D eigenvalue weighted by atomic mass is 10.0. The van der Waals surface area contributed by atoms with Gasteiger partial charge in [-0.2, -0.15) is 0 Å². The highest BCUT2D eigenvalue weighted by Crippen LogP contribution is 2.40. The molecule has 0 spiro atoms. The molecule has 1 N–H and O–H groups in total. The van der Waals surface area contributed by atoms with Gasteiger partial charge in [-0.1, -0.05) is 6.58 Å². The van der Waals surface area contributed by atoms with Crippen LogP contribution < -0.4 is 0 Å². The van der Waals surface area contributed by atoms with Gasteiger partial charge in [0, 0.05) is 9.75 Å². The summed E-state index contributed by atoms with van der Waals surface area (Å²) in [6.45, 7) is 3.74. The molecule has 5 heteroatoms. The molecule has 0 fully saturated rings. The molecule has 0 aliphatic rings. The minimum atomic E-state index is -1.09. The van der Waals surface area contributed by atoms with Gasteiger partial charge in [0.25, 0.3) is 0 Å². The number of thiophene rings is 2. The van der Waals surface area contributed by atoms with Crippen molar-refractivity contribution in [1.82, 2.24) is 0 Å². The third-order valence-corrected chi connectivity index (χ3v) is 5.69. The van der Waals surface area contributed by atoms with Crippen LogP contribution in [0.1, 0.15) is 9.75 Å². The van der Waals surface area contributed by atoms with Gasteiger partial charge in [0.1, 0.15) is 0 Å². The van der Waals surface area contributed by atoms with Crippen LogP contribution in [0.2, 0.25) is 0 Å². The third-order valence-electron chi connectivity index (χ3n) is 2.19. The normalized spacial score (nSPS) is 11.7. The lowest BCUT2D eigenvalue weighted by Crippen LogP contribution is -2.21. The van der Waals surface area contributed by atoms with E-state index >= 15 is 0 Å². The molecule has 0 aliphatic carbocycles. The van der Waals surface area contributed by atoms with E-state index in [1.54, 1.807) is 6.08 Å². The number of halogens is 2. The van der Waals surface area contributed by atoms with Crippen LogP contribution in [0.15, 0.2) is 44.5 Å². The Morgan fingerprint density at radius 2 is 1.50 bits per heavy atom. The summed E-state index contributed by atoms with van der Waals surface area (Å²) in [7, 11) is 0. The Bertz CT molecular complexity index is 475. The minimum Gasteiger partial charge on any atom is -0.375 e. The van der Waals surface area contributed by atoms with Crippen molar-refractivity contribution in [3.8, 4) is 0 Å². The molecule has 2 heterocycles. The summed E-state index contributed by atoms with van der Waals surface area (Å²) in [5.41, 5.74) is -1.09. The van der Waals surface area contributed by atoms with Crippen molar-refractivity contribution in [1.29, 1.82) is 0 Å². The summed E-state index contributed by atoms with van der Waals surface area (Å²) in [5.74, 6) is 0. The van der Waals surface area contributed by atoms with E-state index in [9.17, 15) is 5.11 Å². The van der Waals surface area contributed by atoms with E-state index in [0.717, 1.165) is 17.3 Å². The maximum Gasteiger partial charge on any atom is 0.151 e. The van der Waals surface area contributed by atoms with Gasteiger partial charge in [-0.15, -0.1) is 22.7 Å². The smallest absolute Gasteiger partial charge is 0.151 e. The van der Waals surface area contributed by atoms with Gasteiger partial charge in [-0.25, -0.2) is 0 Å². The van der Waals surface area contributed by atoms with E-state index in [2.05, 4.69) is 38.4 Å². The van der Waals surface area contributed by atoms with Crippen LogP contribution in [-0.4, -0.2) is 5.11 Å². The Morgan fingerprint density at radius 3 is 1.75 bits per heavy atom. The summed E-state index contributed by atoms with van der Waals surface area (Å²) >= 11 is 9.82. The predicted molar refractivity (Wildman–Crippen MR) is 77.2 cm³/mol. The largest absolute Gasteiger partial charge is 0.375 e. The topological polar surface area (TPSA) is 20.2 Å². The second-order valence-electron chi connectivity index (χ2n) is 3.18. The molecular weight excluding hydrogens is 372 g/mol. The van der Waals surface area contributed by atoms with Crippen LogP contribution in [0.5, 0.6) is 0 Å². The Morgan fingerprint density at radius 1 is 1.06 bits per heavy atom. The lowest BCUT2D eigenvalue weighted by molar-refractivity contribution is 0.143.